The van der Waals surface area contributed by atoms with Crippen LogP contribution < -0.4 is 10.1 Å². The van der Waals surface area contributed by atoms with Crippen LogP contribution in [0.25, 0.3) is 0 Å². The van der Waals surface area contributed by atoms with Gasteiger partial charge in [0, 0.05) is 42.5 Å². The molecule has 0 radical (unpaired) electrons. The van der Waals surface area contributed by atoms with E-state index in [0.717, 1.165) is 0 Å². The predicted molar refractivity (Wildman–Crippen MR) is 108 cm³/mol. The molecule has 0 saturated carbocycles. The van der Waals surface area contributed by atoms with Gasteiger partial charge < -0.3 is 15.0 Å². The molecule has 3 rings (SSSR count). The van der Waals surface area contributed by atoms with Gasteiger partial charge in [-0.05, 0) is 12.1 Å². The third-order valence-corrected chi connectivity index (χ3v) is 4.41. The van der Waals surface area contributed by atoms with Gasteiger partial charge in [-0.15, -0.1) is 0 Å². The lowest BCUT2D eigenvalue weighted by Crippen LogP contribution is -2.13. The standard InChI is InChI=1S/C19H17ClFN3OS/c1-24(2)10-16-19(26)23-15-9-17(25-3)14(21)8-12(15)18(22-16)11-6-4-5-7-13(11)20/h4-10H,1-3H3,(H,23,26)/b16-10-. The summed E-state index contributed by atoms with van der Waals surface area (Å²) in [6.45, 7) is 0. The van der Waals surface area contributed by atoms with Gasteiger partial charge in [0.05, 0.1) is 18.5 Å². The number of ether oxygens (including phenoxy) is 1. The fraction of sp³-hybridized carbons (Fsp3) is 0.158. The van der Waals surface area contributed by atoms with Crippen molar-refractivity contribution in [3.05, 3.63) is 70.3 Å². The van der Waals surface area contributed by atoms with Crippen molar-refractivity contribution in [2.45, 2.75) is 0 Å². The summed E-state index contributed by atoms with van der Waals surface area (Å²) in [5, 5.41) is 3.65. The number of hydrogen-bond donors (Lipinski definition) is 1. The maximum Gasteiger partial charge on any atom is 0.165 e. The second-order valence-electron chi connectivity index (χ2n) is 5.90. The number of rotatable bonds is 3. The maximum absolute atomic E-state index is 14.4. The Hall–Kier alpha value is -2.44. The van der Waals surface area contributed by atoms with Crippen molar-refractivity contribution in [1.82, 2.24) is 4.90 Å². The van der Waals surface area contributed by atoms with Crippen molar-refractivity contribution in [2.75, 3.05) is 26.5 Å². The molecule has 0 fully saturated rings. The minimum Gasteiger partial charge on any atom is -0.494 e. The quantitative estimate of drug-likeness (QED) is 0.620. The van der Waals surface area contributed by atoms with Crippen molar-refractivity contribution < 1.29 is 9.13 Å². The average molecular weight is 390 g/mol. The van der Waals surface area contributed by atoms with Crippen LogP contribution in [-0.2, 0) is 0 Å². The summed E-state index contributed by atoms with van der Waals surface area (Å²) in [7, 11) is 5.17. The van der Waals surface area contributed by atoms with Gasteiger partial charge in [-0.2, -0.15) is 0 Å². The highest BCUT2D eigenvalue weighted by Crippen LogP contribution is 2.33. The number of hydrogen-bond acceptors (Lipinski definition) is 4. The summed E-state index contributed by atoms with van der Waals surface area (Å²) in [6, 6.07) is 10.2. The molecule has 0 bridgehead atoms. The van der Waals surface area contributed by atoms with Crippen LogP contribution in [0.5, 0.6) is 5.75 Å². The van der Waals surface area contributed by atoms with Gasteiger partial charge in [-0.3, -0.25) is 0 Å². The number of thiocarbonyl (C=S) groups is 1. The summed E-state index contributed by atoms with van der Waals surface area (Å²) in [4.78, 5) is 6.97. The molecule has 26 heavy (non-hydrogen) atoms. The number of methoxy groups -OCH3 is 1. The number of nitrogens with one attached hydrogen (secondary N) is 1. The zero-order valence-corrected chi connectivity index (χ0v) is 16.1. The first kappa shape index (κ1) is 18.4. The van der Waals surface area contributed by atoms with Gasteiger partial charge in [0.2, 0.25) is 0 Å². The normalized spacial score (nSPS) is 15.0. The Bertz CT molecular complexity index is 940. The predicted octanol–water partition coefficient (Wildman–Crippen LogP) is 4.48. The molecule has 1 N–H and O–H groups in total. The molecule has 1 aliphatic rings. The maximum atomic E-state index is 14.4. The largest absolute Gasteiger partial charge is 0.494 e. The van der Waals surface area contributed by atoms with E-state index in [1.165, 1.54) is 13.2 Å². The number of nitrogens with zero attached hydrogens (tertiary/aromatic N) is 2. The lowest BCUT2D eigenvalue weighted by Gasteiger charge is -2.13. The van der Waals surface area contributed by atoms with Crippen LogP contribution in [0.4, 0.5) is 10.1 Å². The van der Waals surface area contributed by atoms with Gasteiger partial charge in [0.15, 0.2) is 11.6 Å². The molecule has 1 aliphatic heterocycles. The van der Waals surface area contributed by atoms with Gasteiger partial charge in [-0.1, -0.05) is 42.0 Å². The minimum absolute atomic E-state index is 0.123. The zero-order valence-electron chi connectivity index (χ0n) is 14.5. The Kier molecular flexibility index (Phi) is 5.25. The highest BCUT2D eigenvalue weighted by Gasteiger charge is 2.23. The third-order valence-electron chi connectivity index (χ3n) is 3.77. The van der Waals surface area contributed by atoms with Gasteiger partial charge in [-0.25, -0.2) is 9.38 Å². The Morgan fingerprint density at radius 2 is 1.96 bits per heavy atom. The minimum atomic E-state index is -0.487. The Morgan fingerprint density at radius 3 is 2.62 bits per heavy atom. The van der Waals surface area contributed by atoms with E-state index in [0.29, 0.717) is 38.2 Å². The lowest BCUT2D eigenvalue weighted by atomic mass is 10.00. The summed E-state index contributed by atoms with van der Waals surface area (Å²) >= 11 is 11.9. The van der Waals surface area contributed by atoms with Crippen LogP contribution in [0, 0.1) is 5.82 Å². The van der Waals surface area contributed by atoms with Gasteiger partial charge >= 0.3 is 0 Å². The number of aliphatic imine (C=N–C) groups is 1. The highest BCUT2D eigenvalue weighted by atomic mass is 35.5. The molecule has 0 aliphatic carbocycles. The topological polar surface area (TPSA) is 36.9 Å². The van der Waals surface area contributed by atoms with Gasteiger partial charge in [0.25, 0.3) is 0 Å². The fourth-order valence-corrected chi connectivity index (χ4v) is 3.05. The van der Waals surface area contributed by atoms with Crippen LogP contribution in [0.2, 0.25) is 5.02 Å². The smallest absolute Gasteiger partial charge is 0.165 e. The van der Waals surface area contributed by atoms with E-state index in [-0.39, 0.29) is 5.75 Å². The second-order valence-corrected chi connectivity index (χ2v) is 6.72. The molecule has 0 atom stereocenters. The molecule has 2 aromatic rings. The number of benzodiazepines with no additional fused rings is 1. The molecule has 2 aromatic carbocycles. The van der Waals surface area contributed by atoms with Crippen molar-refractivity contribution >= 4 is 40.2 Å². The van der Waals surface area contributed by atoms with Crippen LogP contribution in [-0.4, -0.2) is 36.8 Å². The average Bonchev–Trinajstić information content (AvgIpc) is 2.71. The Morgan fingerprint density at radius 1 is 1.23 bits per heavy atom. The van der Waals surface area contributed by atoms with Crippen LogP contribution >= 0.6 is 23.8 Å². The first-order chi connectivity index (χ1) is 12.4. The van der Waals surface area contributed by atoms with Crippen LogP contribution in [0.15, 0.2) is 53.3 Å². The number of fused-ring (bicyclic) bond motifs is 1. The Labute approximate surface area is 161 Å². The van der Waals surface area contributed by atoms with E-state index in [1.54, 1.807) is 18.3 Å². The highest BCUT2D eigenvalue weighted by molar-refractivity contribution is 7.81. The Balaban J connectivity index is 2.31. The molecule has 0 aromatic heterocycles. The molecule has 7 heteroatoms. The van der Waals surface area contributed by atoms with Crippen molar-refractivity contribution in [2.24, 2.45) is 4.99 Å². The molecule has 0 spiro atoms. The van der Waals surface area contributed by atoms with E-state index >= 15 is 0 Å². The molecule has 4 nitrogen and oxygen atoms in total. The van der Waals surface area contributed by atoms with Crippen molar-refractivity contribution in [3.63, 3.8) is 0 Å². The second kappa shape index (κ2) is 7.43. The zero-order chi connectivity index (χ0) is 18.8. The lowest BCUT2D eigenvalue weighted by molar-refractivity contribution is 0.387. The molecule has 134 valence electrons. The summed E-state index contributed by atoms with van der Waals surface area (Å²) in [5.41, 5.74) is 2.94. The first-order valence-corrected chi connectivity index (χ1v) is 8.60. The van der Waals surface area contributed by atoms with Crippen molar-refractivity contribution in [3.8, 4) is 5.75 Å². The number of benzene rings is 2. The monoisotopic (exact) mass is 389 g/mol. The SMILES string of the molecule is COc1cc2c(cc1F)C(c1ccccc1Cl)=N/C(=C\N(C)C)C(=S)N2. The molecular formula is C19H17ClFN3OS. The summed E-state index contributed by atoms with van der Waals surface area (Å²) in [5.74, 6) is -0.364. The fourth-order valence-electron chi connectivity index (χ4n) is 2.62. The summed E-state index contributed by atoms with van der Waals surface area (Å²) in [6.07, 6.45) is 1.80. The first-order valence-electron chi connectivity index (χ1n) is 7.82. The number of halogens is 2. The summed E-state index contributed by atoms with van der Waals surface area (Å²) < 4.78 is 19.5. The third kappa shape index (κ3) is 3.57. The van der Waals surface area contributed by atoms with E-state index in [2.05, 4.69) is 5.32 Å². The molecule has 0 unspecified atom stereocenters. The molecule has 0 amide bonds. The van der Waals surface area contributed by atoms with E-state index in [4.69, 9.17) is 33.5 Å². The van der Waals surface area contributed by atoms with Crippen molar-refractivity contribution in [1.29, 1.82) is 0 Å². The van der Waals surface area contributed by atoms with E-state index in [9.17, 15) is 4.39 Å². The molecule has 1 heterocycles. The van der Waals surface area contributed by atoms with Crippen LogP contribution in [0.3, 0.4) is 0 Å². The number of anilines is 1. The van der Waals surface area contributed by atoms with Crippen LogP contribution in [0.1, 0.15) is 11.1 Å². The van der Waals surface area contributed by atoms with Gasteiger partial charge in [0.1, 0.15) is 10.7 Å². The molecule has 0 saturated heterocycles. The van der Waals surface area contributed by atoms with E-state index < -0.39 is 5.82 Å². The molecular weight excluding hydrogens is 373 g/mol. The van der Waals surface area contributed by atoms with E-state index in [1.807, 2.05) is 37.2 Å².